The van der Waals surface area contributed by atoms with E-state index in [9.17, 15) is 0 Å². The van der Waals surface area contributed by atoms with E-state index in [2.05, 4.69) is 43.6 Å². The summed E-state index contributed by atoms with van der Waals surface area (Å²) < 4.78 is 5.66. The molecule has 0 atom stereocenters. The Morgan fingerprint density at radius 3 is 2.47 bits per heavy atom. The van der Waals surface area contributed by atoms with Crippen LogP contribution in [0.3, 0.4) is 0 Å². The Balaban J connectivity index is 2.63. The quantitative estimate of drug-likeness (QED) is 0.790. The monoisotopic (exact) mass is 261 g/mol. The highest BCUT2D eigenvalue weighted by Crippen LogP contribution is 2.17. The molecule has 0 fully saturated rings. The lowest BCUT2D eigenvalue weighted by Crippen LogP contribution is -2.39. The lowest BCUT2D eigenvalue weighted by Gasteiger charge is -2.30. The highest BCUT2D eigenvalue weighted by molar-refractivity contribution is 5.43. The molecule has 0 amide bonds. The van der Waals surface area contributed by atoms with E-state index in [1.165, 1.54) is 0 Å². The minimum atomic E-state index is 0.440. The largest absolute Gasteiger partial charge is 0.475 e. The number of nitriles is 1. The zero-order chi connectivity index (χ0) is 14.4. The van der Waals surface area contributed by atoms with E-state index in [4.69, 9.17) is 10.00 Å². The molecule has 0 bridgehead atoms. The molecule has 0 radical (unpaired) electrons. The second-order valence-electron chi connectivity index (χ2n) is 5.19. The molecule has 4 nitrogen and oxygen atoms in total. The van der Waals surface area contributed by atoms with Crippen LogP contribution in [-0.4, -0.2) is 35.1 Å². The fraction of sp³-hybridized carbons (Fsp3) is 0.600. The highest BCUT2D eigenvalue weighted by Gasteiger charge is 2.14. The van der Waals surface area contributed by atoms with Gasteiger partial charge >= 0.3 is 0 Å². The third kappa shape index (κ3) is 4.22. The van der Waals surface area contributed by atoms with Crippen molar-refractivity contribution in [1.29, 1.82) is 5.26 Å². The summed E-state index contributed by atoms with van der Waals surface area (Å²) in [6.07, 6.45) is 1.67. The molecule has 0 aliphatic carbocycles. The molecule has 0 aromatic carbocycles. The molecule has 0 unspecified atom stereocenters. The molecular weight excluding hydrogens is 238 g/mol. The highest BCUT2D eigenvalue weighted by atomic mass is 16.5. The summed E-state index contributed by atoms with van der Waals surface area (Å²) in [7, 11) is 0. The molecule has 4 heteroatoms. The number of nitrogens with zero attached hydrogens (tertiary/aromatic N) is 3. The minimum Gasteiger partial charge on any atom is -0.475 e. The van der Waals surface area contributed by atoms with E-state index < -0.39 is 0 Å². The smallest absolute Gasteiger partial charge is 0.231 e. The van der Waals surface area contributed by atoms with Crippen molar-refractivity contribution in [3.8, 4) is 11.9 Å². The van der Waals surface area contributed by atoms with Crippen molar-refractivity contribution in [3.05, 3.63) is 23.4 Å². The number of aromatic nitrogens is 1. The number of hydrogen-bond acceptors (Lipinski definition) is 4. The molecule has 1 rings (SSSR count). The van der Waals surface area contributed by atoms with E-state index in [-0.39, 0.29) is 0 Å². The fourth-order valence-corrected chi connectivity index (χ4v) is 2.14. The van der Waals surface area contributed by atoms with E-state index in [0.29, 0.717) is 30.1 Å². The van der Waals surface area contributed by atoms with E-state index in [0.717, 1.165) is 12.1 Å². The van der Waals surface area contributed by atoms with Gasteiger partial charge in [0.15, 0.2) is 0 Å². The van der Waals surface area contributed by atoms with Crippen LogP contribution in [0, 0.1) is 18.3 Å². The van der Waals surface area contributed by atoms with Gasteiger partial charge in [-0.25, -0.2) is 4.98 Å². The molecule has 0 N–H and O–H groups in total. The molecule has 1 aromatic heterocycles. The summed E-state index contributed by atoms with van der Waals surface area (Å²) in [5.74, 6) is 0.440. The molecule has 0 aliphatic rings. The minimum absolute atomic E-state index is 0.440. The van der Waals surface area contributed by atoms with Gasteiger partial charge in [-0.15, -0.1) is 0 Å². The Labute approximate surface area is 116 Å². The first-order valence-corrected chi connectivity index (χ1v) is 6.71. The van der Waals surface area contributed by atoms with E-state index in [1.807, 2.05) is 13.0 Å². The maximum Gasteiger partial charge on any atom is 0.231 e. The first-order valence-electron chi connectivity index (χ1n) is 6.71. The van der Waals surface area contributed by atoms with Crippen LogP contribution in [0.1, 0.15) is 38.8 Å². The topological polar surface area (TPSA) is 49.1 Å². The third-order valence-corrected chi connectivity index (χ3v) is 3.15. The number of pyridine rings is 1. The molecule has 1 aromatic rings. The van der Waals surface area contributed by atoms with Crippen molar-refractivity contribution in [3.63, 3.8) is 0 Å². The average molecular weight is 261 g/mol. The Morgan fingerprint density at radius 2 is 1.95 bits per heavy atom. The van der Waals surface area contributed by atoms with Crippen LogP contribution in [0.2, 0.25) is 0 Å². The Kier molecular flexibility index (Phi) is 5.78. The van der Waals surface area contributed by atoms with Crippen molar-refractivity contribution in [1.82, 2.24) is 9.88 Å². The molecule has 104 valence electrons. The first-order chi connectivity index (χ1) is 8.97. The molecule has 0 saturated carbocycles. The van der Waals surface area contributed by atoms with Gasteiger partial charge in [0.2, 0.25) is 5.88 Å². The molecule has 1 heterocycles. The van der Waals surface area contributed by atoms with Crippen molar-refractivity contribution in [2.45, 2.75) is 46.7 Å². The van der Waals surface area contributed by atoms with Gasteiger partial charge in [0.05, 0.1) is 0 Å². The summed E-state index contributed by atoms with van der Waals surface area (Å²) in [5, 5.41) is 9.10. The summed E-state index contributed by atoms with van der Waals surface area (Å²) in [4.78, 5) is 6.48. The van der Waals surface area contributed by atoms with Crippen LogP contribution < -0.4 is 4.74 Å². The summed E-state index contributed by atoms with van der Waals surface area (Å²) in [5.41, 5.74) is 1.43. The summed E-state index contributed by atoms with van der Waals surface area (Å²) >= 11 is 0. The summed E-state index contributed by atoms with van der Waals surface area (Å²) in [6, 6.07) is 4.92. The fourth-order valence-electron chi connectivity index (χ4n) is 2.14. The Hall–Kier alpha value is -1.60. The number of aryl methyl sites for hydroxylation is 1. The standard InChI is InChI=1S/C15H23N3O/c1-11(2)18(12(3)4)8-9-19-15-14(10-16)13(5)6-7-17-15/h6-7,11-12H,8-9H2,1-5H3. The van der Waals surface area contributed by atoms with Crippen LogP contribution in [0.15, 0.2) is 12.3 Å². The van der Waals surface area contributed by atoms with Crippen molar-refractivity contribution in [2.75, 3.05) is 13.2 Å². The molecular formula is C15H23N3O. The lowest BCUT2D eigenvalue weighted by molar-refractivity contribution is 0.140. The maximum absolute atomic E-state index is 9.10. The van der Waals surface area contributed by atoms with Crippen LogP contribution in [0.25, 0.3) is 0 Å². The van der Waals surface area contributed by atoms with E-state index >= 15 is 0 Å². The number of rotatable bonds is 6. The predicted molar refractivity (Wildman–Crippen MR) is 76.2 cm³/mol. The number of ether oxygens (including phenoxy) is 1. The zero-order valence-electron chi connectivity index (χ0n) is 12.5. The Morgan fingerprint density at radius 1 is 1.32 bits per heavy atom. The lowest BCUT2D eigenvalue weighted by atomic mass is 10.2. The molecule has 0 aliphatic heterocycles. The normalized spacial score (nSPS) is 11.1. The van der Waals surface area contributed by atoms with Crippen LogP contribution in [0.4, 0.5) is 0 Å². The van der Waals surface area contributed by atoms with Gasteiger partial charge in [0, 0.05) is 24.8 Å². The second kappa shape index (κ2) is 7.10. The van der Waals surface area contributed by atoms with Crippen LogP contribution in [-0.2, 0) is 0 Å². The maximum atomic E-state index is 9.10. The van der Waals surface area contributed by atoms with E-state index in [1.54, 1.807) is 6.20 Å². The van der Waals surface area contributed by atoms with Crippen molar-refractivity contribution >= 4 is 0 Å². The van der Waals surface area contributed by atoms with Crippen LogP contribution >= 0.6 is 0 Å². The Bertz CT molecular complexity index is 441. The number of hydrogen-bond donors (Lipinski definition) is 0. The predicted octanol–water partition coefficient (Wildman–Crippen LogP) is 2.76. The van der Waals surface area contributed by atoms with Crippen molar-refractivity contribution in [2.24, 2.45) is 0 Å². The van der Waals surface area contributed by atoms with Gasteiger partial charge < -0.3 is 4.74 Å². The van der Waals surface area contributed by atoms with Gasteiger partial charge in [-0.1, -0.05) is 0 Å². The molecule has 0 saturated heterocycles. The van der Waals surface area contributed by atoms with Gasteiger partial charge in [0.1, 0.15) is 18.2 Å². The molecule has 0 spiro atoms. The average Bonchev–Trinajstić information content (AvgIpc) is 2.33. The van der Waals surface area contributed by atoms with Gasteiger partial charge in [0.25, 0.3) is 0 Å². The first kappa shape index (κ1) is 15.5. The van der Waals surface area contributed by atoms with Gasteiger partial charge in [-0.3, -0.25) is 4.90 Å². The van der Waals surface area contributed by atoms with Crippen LogP contribution in [0.5, 0.6) is 5.88 Å². The summed E-state index contributed by atoms with van der Waals surface area (Å²) in [6.45, 7) is 12.0. The third-order valence-electron chi connectivity index (χ3n) is 3.15. The van der Waals surface area contributed by atoms with Gasteiger partial charge in [-0.05, 0) is 46.2 Å². The SMILES string of the molecule is Cc1ccnc(OCCN(C(C)C)C(C)C)c1C#N. The van der Waals surface area contributed by atoms with Gasteiger partial charge in [-0.2, -0.15) is 5.26 Å². The van der Waals surface area contributed by atoms with Crippen molar-refractivity contribution < 1.29 is 4.74 Å². The zero-order valence-corrected chi connectivity index (χ0v) is 12.5. The molecule has 19 heavy (non-hydrogen) atoms. The second-order valence-corrected chi connectivity index (χ2v) is 5.19.